The Kier molecular flexibility index (Phi) is 6.59. The molecule has 2 saturated heterocycles. The van der Waals surface area contributed by atoms with Crippen molar-refractivity contribution in [3.05, 3.63) is 42.1 Å². The molecule has 6 nitrogen and oxygen atoms in total. The minimum atomic E-state index is 0.204. The molecule has 0 spiro atoms. The molecule has 0 saturated carbocycles. The summed E-state index contributed by atoms with van der Waals surface area (Å²) in [5.41, 5.74) is 4.86. The first-order chi connectivity index (χ1) is 16.2. The lowest BCUT2D eigenvalue weighted by atomic mass is 9.97. The number of benzene rings is 1. The fraction of sp³-hybridized carbons (Fsp3) is 0.519. The highest BCUT2D eigenvalue weighted by Crippen LogP contribution is 2.35. The third-order valence-corrected chi connectivity index (χ3v) is 7.17. The smallest absolute Gasteiger partial charge is 0.137 e. The summed E-state index contributed by atoms with van der Waals surface area (Å²) in [5.74, 6) is 1.79. The van der Waals surface area contributed by atoms with Crippen molar-refractivity contribution in [2.75, 3.05) is 24.6 Å². The van der Waals surface area contributed by atoms with Crippen LogP contribution in [-0.2, 0) is 11.3 Å². The van der Waals surface area contributed by atoms with Crippen LogP contribution >= 0.6 is 0 Å². The predicted octanol–water partition coefficient (Wildman–Crippen LogP) is 5.56. The molecule has 4 heterocycles. The molecule has 0 unspecified atom stereocenters. The first kappa shape index (κ1) is 21.9. The highest BCUT2D eigenvalue weighted by Gasteiger charge is 2.23. The van der Waals surface area contributed by atoms with Crippen LogP contribution in [0.5, 0.6) is 0 Å². The number of hydrogen-bond acceptors (Lipinski definition) is 5. The van der Waals surface area contributed by atoms with Gasteiger partial charge in [-0.25, -0.2) is 4.98 Å². The lowest BCUT2D eigenvalue weighted by Gasteiger charge is -2.32. The molecule has 172 valence electrons. The van der Waals surface area contributed by atoms with E-state index in [1.54, 1.807) is 0 Å². The molecule has 0 aliphatic carbocycles. The van der Waals surface area contributed by atoms with Crippen LogP contribution in [0.4, 0.5) is 5.82 Å². The van der Waals surface area contributed by atoms with Crippen molar-refractivity contribution in [1.29, 1.82) is 5.26 Å². The van der Waals surface area contributed by atoms with Gasteiger partial charge in [0, 0.05) is 25.3 Å². The van der Waals surface area contributed by atoms with Crippen LogP contribution in [-0.4, -0.2) is 40.6 Å². The van der Waals surface area contributed by atoms with E-state index >= 15 is 0 Å². The van der Waals surface area contributed by atoms with Crippen molar-refractivity contribution in [2.45, 2.75) is 64.5 Å². The van der Waals surface area contributed by atoms with E-state index in [0.717, 1.165) is 73.0 Å². The normalized spacial score (nSPS) is 20.4. The number of aromatic nitrogens is 3. The van der Waals surface area contributed by atoms with Gasteiger partial charge in [0.05, 0.1) is 36.0 Å². The molecule has 0 radical (unpaired) electrons. The largest absolute Gasteiger partial charge is 0.376 e. The summed E-state index contributed by atoms with van der Waals surface area (Å²) in [7, 11) is 0. The van der Waals surface area contributed by atoms with Crippen molar-refractivity contribution in [2.24, 2.45) is 5.92 Å². The zero-order valence-electron chi connectivity index (χ0n) is 19.5. The summed E-state index contributed by atoms with van der Waals surface area (Å²) in [6, 6.07) is 12.3. The topological polar surface area (TPSA) is 67.0 Å². The molecule has 33 heavy (non-hydrogen) atoms. The molecule has 0 bridgehead atoms. The lowest BCUT2D eigenvalue weighted by molar-refractivity contribution is 0.0233. The first-order valence-corrected chi connectivity index (χ1v) is 12.4. The summed E-state index contributed by atoms with van der Waals surface area (Å²) >= 11 is 0. The van der Waals surface area contributed by atoms with Gasteiger partial charge in [0.1, 0.15) is 11.3 Å². The van der Waals surface area contributed by atoms with Crippen LogP contribution in [0, 0.1) is 17.2 Å². The summed E-state index contributed by atoms with van der Waals surface area (Å²) in [5, 5.41) is 13.9. The predicted molar refractivity (Wildman–Crippen MR) is 131 cm³/mol. The lowest BCUT2D eigenvalue weighted by Crippen LogP contribution is -2.33. The Morgan fingerprint density at radius 1 is 1.06 bits per heavy atom. The highest BCUT2D eigenvalue weighted by atomic mass is 16.5. The van der Waals surface area contributed by atoms with Gasteiger partial charge in [-0.2, -0.15) is 10.4 Å². The third-order valence-electron chi connectivity index (χ3n) is 7.17. The number of fused-ring (bicyclic) bond motifs is 1. The van der Waals surface area contributed by atoms with E-state index in [0.29, 0.717) is 5.56 Å². The van der Waals surface area contributed by atoms with E-state index in [9.17, 15) is 5.26 Å². The van der Waals surface area contributed by atoms with Gasteiger partial charge in [0.15, 0.2) is 0 Å². The molecule has 0 N–H and O–H groups in total. The SMILES string of the molecule is CC1CCN(c2nc3cnn(C[C@@H]4CCCCCCO4)c3cc2-c2ccc(C#N)cc2)CC1. The number of ether oxygens (including phenoxy) is 1. The maximum Gasteiger partial charge on any atom is 0.137 e. The fourth-order valence-electron chi connectivity index (χ4n) is 5.04. The molecule has 2 fully saturated rings. The molecular formula is C27H33N5O. The second-order valence-electron chi connectivity index (χ2n) is 9.64. The fourth-order valence-corrected chi connectivity index (χ4v) is 5.04. The average Bonchev–Trinajstić information content (AvgIpc) is 3.22. The molecule has 3 aromatic rings. The van der Waals surface area contributed by atoms with Gasteiger partial charge in [-0.3, -0.25) is 4.68 Å². The Morgan fingerprint density at radius 3 is 2.64 bits per heavy atom. The molecule has 1 aromatic carbocycles. The van der Waals surface area contributed by atoms with Crippen LogP contribution in [0.25, 0.3) is 22.2 Å². The monoisotopic (exact) mass is 443 g/mol. The zero-order valence-corrected chi connectivity index (χ0v) is 19.5. The molecule has 2 aromatic heterocycles. The molecule has 1 atom stereocenters. The van der Waals surface area contributed by atoms with E-state index in [1.165, 1.54) is 32.1 Å². The molecule has 2 aliphatic heterocycles. The maximum absolute atomic E-state index is 9.23. The van der Waals surface area contributed by atoms with E-state index in [1.807, 2.05) is 30.5 Å². The van der Waals surface area contributed by atoms with Gasteiger partial charge >= 0.3 is 0 Å². The number of piperidine rings is 1. The molecule has 2 aliphatic rings. The van der Waals surface area contributed by atoms with Gasteiger partial charge in [0.2, 0.25) is 0 Å². The van der Waals surface area contributed by atoms with Gasteiger partial charge in [-0.15, -0.1) is 0 Å². The number of rotatable bonds is 4. The Bertz CT molecular complexity index is 1110. The maximum atomic E-state index is 9.23. The second-order valence-corrected chi connectivity index (χ2v) is 9.64. The van der Waals surface area contributed by atoms with Crippen LogP contribution in [0.1, 0.15) is 57.4 Å². The Hall–Kier alpha value is -2.91. The number of pyridine rings is 1. The molecule has 6 heteroatoms. The quantitative estimate of drug-likeness (QED) is 0.528. The first-order valence-electron chi connectivity index (χ1n) is 12.4. The third kappa shape index (κ3) is 4.89. The Labute approximate surface area is 196 Å². The van der Waals surface area contributed by atoms with Crippen LogP contribution < -0.4 is 4.90 Å². The minimum absolute atomic E-state index is 0.204. The molecule has 0 amide bonds. The minimum Gasteiger partial charge on any atom is -0.376 e. The van der Waals surface area contributed by atoms with Crippen molar-refractivity contribution in [1.82, 2.24) is 14.8 Å². The number of nitrogens with zero attached hydrogens (tertiary/aromatic N) is 5. The van der Waals surface area contributed by atoms with Crippen LogP contribution in [0.3, 0.4) is 0 Å². The summed E-state index contributed by atoms with van der Waals surface area (Å²) in [6.07, 6.45) is 10.5. The van der Waals surface area contributed by atoms with Crippen molar-refractivity contribution in [3.8, 4) is 17.2 Å². The molecular weight excluding hydrogens is 410 g/mol. The second kappa shape index (κ2) is 9.93. The van der Waals surface area contributed by atoms with Gasteiger partial charge in [-0.1, -0.05) is 38.3 Å². The van der Waals surface area contributed by atoms with Crippen LogP contribution in [0.15, 0.2) is 36.5 Å². The van der Waals surface area contributed by atoms with E-state index in [-0.39, 0.29) is 6.10 Å². The van der Waals surface area contributed by atoms with Gasteiger partial charge in [0.25, 0.3) is 0 Å². The van der Waals surface area contributed by atoms with Crippen molar-refractivity contribution in [3.63, 3.8) is 0 Å². The van der Waals surface area contributed by atoms with Crippen LogP contribution in [0.2, 0.25) is 0 Å². The van der Waals surface area contributed by atoms with E-state index in [4.69, 9.17) is 14.8 Å². The van der Waals surface area contributed by atoms with Crippen molar-refractivity contribution >= 4 is 16.9 Å². The highest BCUT2D eigenvalue weighted by molar-refractivity contribution is 5.88. The Balaban J connectivity index is 1.52. The summed E-state index contributed by atoms with van der Waals surface area (Å²) < 4.78 is 8.23. The van der Waals surface area contributed by atoms with Crippen molar-refractivity contribution < 1.29 is 4.74 Å². The number of hydrogen-bond donors (Lipinski definition) is 0. The molecule has 5 rings (SSSR count). The summed E-state index contributed by atoms with van der Waals surface area (Å²) in [6.45, 7) is 5.98. The average molecular weight is 444 g/mol. The van der Waals surface area contributed by atoms with E-state index < -0.39 is 0 Å². The zero-order chi connectivity index (χ0) is 22.6. The summed E-state index contributed by atoms with van der Waals surface area (Å²) in [4.78, 5) is 7.55. The standard InChI is InChI=1S/C27H33N5O/c1-20-11-13-31(14-12-20)27-24(22-9-7-21(17-28)8-10-22)16-26-25(30-27)18-29-32(26)19-23-6-4-2-3-5-15-33-23/h7-10,16,18,20,23H,2-6,11-15,19H2,1H3/t23-/m0/s1. The van der Waals surface area contributed by atoms with Gasteiger partial charge < -0.3 is 9.64 Å². The van der Waals surface area contributed by atoms with Gasteiger partial charge in [-0.05, 0) is 55.4 Å². The number of nitriles is 1. The number of anilines is 1. The Morgan fingerprint density at radius 2 is 1.85 bits per heavy atom. The van der Waals surface area contributed by atoms with E-state index in [2.05, 4.69) is 28.6 Å².